The van der Waals surface area contributed by atoms with E-state index < -0.39 is 0 Å². The molecule has 1 fully saturated rings. The number of aromatic amines is 1. The van der Waals surface area contributed by atoms with Crippen LogP contribution >= 0.6 is 11.6 Å². The molecule has 0 amide bonds. The summed E-state index contributed by atoms with van der Waals surface area (Å²) in [4.78, 5) is 12.0. The van der Waals surface area contributed by atoms with E-state index in [4.69, 9.17) is 16.6 Å². The minimum Gasteiger partial charge on any atom is -0.342 e. The first-order valence-electron chi connectivity index (χ1n) is 9.29. The van der Waals surface area contributed by atoms with Crippen molar-refractivity contribution in [2.45, 2.75) is 51.4 Å². The summed E-state index contributed by atoms with van der Waals surface area (Å²) in [7, 11) is 0. The van der Waals surface area contributed by atoms with Gasteiger partial charge in [-0.2, -0.15) is 4.39 Å². The van der Waals surface area contributed by atoms with Crippen LogP contribution in [0.3, 0.4) is 0 Å². The van der Waals surface area contributed by atoms with E-state index in [0.717, 1.165) is 53.1 Å². The third kappa shape index (κ3) is 3.23. The van der Waals surface area contributed by atoms with Crippen molar-refractivity contribution in [3.63, 3.8) is 0 Å². The highest BCUT2D eigenvalue weighted by Gasteiger charge is 2.29. The molecule has 0 bridgehead atoms. The molecule has 3 nitrogen and oxygen atoms in total. The SMILES string of the molecule is Cc1c(F)nccc1[C@H]1CC[C@@H](C(C)c2nc3ccc(Cl)cc3[nH]2)CC1. The van der Waals surface area contributed by atoms with Gasteiger partial charge in [-0.25, -0.2) is 9.97 Å². The highest BCUT2D eigenvalue weighted by Crippen LogP contribution is 2.42. The molecule has 1 aromatic carbocycles. The van der Waals surface area contributed by atoms with E-state index in [9.17, 15) is 4.39 Å². The number of hydrogen-bond donors (Lipinski definition) is 1. The van der Waals surface area contributed by atoms with Gasteiger partial charge in [0.2, 0.25) is 5.95 Å². The molecule has 0 spiro atoms. The van der Waals surface area contributed by atoms with Crippen molar-refractivity contribution >= 4 is 22.6 Å². The Hall–Kier alpha value is -1.94. The Morgan fingerprint density at radius 3 is 2.73 bits per heavy atom. The van der Waals surface area contributed by atoms with Gasteiger partial charge in [-0.05, 0) is 74.3 Å². The lowest BCUT2D eigenvalue weighted by molar-refractivity contribution is 0.285. The highest BCUT2D eigenvalue weighted by atomic mass is 35.5. The summed E-state index contributed by atoms with van der Waals surface area (Å²) in [5.74, 6) is 2.10. The van der Waals surface area contributed by atoms with Crippen molar-refractivity contribution < 1.29 is 4.39 Å². The second kappa shape index (κ2) is 6.99. The molecule has 136 valence electrons. The number of aromatic nitrogens is 3. The molecule has 1 aliphatic rings. The van der Waals surface area contributed by atoms with Crippen LogP contribution in [0.2, 0.25) is 5.02 Å². The maximum Gasteiger partial charge on any atom is 0.216 e. The Morgan fingerprint density at radius 1 is 1.19 bits per heavy atom. The fourth-order valence-electron chi connectivity index (χ4n) is 4.34. The average Bonchev–Trinajstić information content (AvgIpc) is 3.07. The van der Waals surface area contributed by atoms with Gasteiger partial charge >= 0.3 is 0 Å². The molecule has 1 unspecified atom stereocenters. The lowest BCUT2D eigenvalue weighted by Gasteiger charge is -2.32. The summed E-state index contributed by atoms with van der Waals surface area (Å²) in [5, 5.41) is 0.723. The van der Waals surface area contributed by atoms with Crippen molar-refractivity contribution in [2.75, 3.05) is 0 Å². The van der Waals surface area contributed by atoms with E-state index in [1.165, 1.54) is 0 Å². The van der Waals surface area contributed by atoms with Crippen molar-refractivity contribution in [3.05, 3.63) is 58.4 Å². The second-order valence-electron chi connectivity index (χ2n) is 7.50. The lowest BCUT2D eigenvalue weighted by atomic mass is 9.73. The van der Waals surface area contributed by atoms with Gasteiger partial charge in [-0.1, -0.05) is 18.5 Å². The Morgan fingerprint density at radius 2 is 1.96 bits per heavy atom. The molecule has 0 radical (unpaired) electrons. The van der Waals surface area contributed by atoms with Crippen LogP contribution in [-0.2, 0) is 0 Å². The van der Waals surface area contributed by atoms with E-state index in [-0.39, 0.29) is 5.95 Å². The number of fused-ring (bicyclic) bond motifs is 1. The van der Waals surface area contributed by atoms with Gasteiger partial charge in [0.15, 0.2) is 0 Å². The zero-order valence-electron chi connectivity index (χ0n) is 15.1. The number of imidazole rings is 1. The van der Waals surface area contributed by atoms with Crippen LogP contribution in [0.4, 0.5) is 4.39 Å². The van der Waals surface area contributed by atoms with Crippen LogP contribution in [0.25, 0.3) is 11.0 Å². The first-order valence-corrected chi connectivity index (χ1v) is 9.67. The summed E-state index contributed by atoms with van der Waals surface area (Å²) in [5.41, 5.74) is 3.80. The van der Waals surface area contributed by atoms with Gasteiger partial charge in [0.25, 0.3) is 0 Å². The summed E-state index contributed by atoms with van der Waals surface area (Å²) in [6.07, 6.45) is 6.03. The van der Waals surface area contributed by atoms with Crippen molar-refractivity contribution in [1.82, 2.24) is 15.0 Å². The predicted octanol–water partition coefficient (Wildman–Crippen LogP) is 6.14. The van der Waals surface area contributed by atoms with Crippen LogP contribution in [0.1, 0.15) is 61.4 Å². The summed E-state index contributed by atoms with van der Waals surface area (Å²) < 4.78 is 13.8. The van der Waals surface area contributed by atoms with Crippen LogP contribution < -0.4 is 0 Å². The summed E-state index contributed by atoms with van der Waals surface area (Å²) >= 11 is 6.08. The van der Waals surface area contributed by atoms with Crippen LogP contribution in [0.5, 0.6) is 0 Å². The van der Waals surface area contributed by atoms with Gasteiger partial charge in [0.05, 0.1) is 11.0 Å². The quantitative estimate of drug-likeness (QED) is 0.562. The first-order chi connectivity index (χ1) is 12.5. The number of pyridine rings is 1. The normalized spacial score (nSPS) is 21.8. The fourth-order valence-corrected chi connectivity index (χ4v) is 4.51. The fraction of sp³-hybridized carbons (Fsp3) is 0.429. The Bertz CT molecular complexity index is 928. The van der Waals surface area contributed by atoms with E-state index in [0.29, 0.717) is 23.3 Å². The molecule has 1 saturated carbocycles. The molecule has 2 aromatic heterocycles. The molecule has 2 heterocycles. The summed E-state index contributed by atoms with van der Waals surface area (Å²) in [6, 6.07) is 7.75. The first kappa shape index (κ1) is 17.5. The van der Waals surface area contributed by atoms with E-state index in [1.54, 1.807) is 6.20 Å². The van der Waals surface area contributed by atoms with Crippen molar-refractivity contribution in [1.29, 1.82) is 0 Å². The Labute approximate surface area is 158 Å². The number of H-pyrrole nitrogens is 1. The zero-order valence-corrected chi connectivity index (χ0v) is 15.9. The average molecular weight is 372 g/mol. The monoisotopic (exact) mass is 371 g/mol. The largest absolute Gasteiger partial charge is 0.342 e. The number of rotatable bonds is 3. The molecule has 3 aromatic rings. The zero-order chi connectivity index (χ0) is 18.3. The van der Waals surface area contributed by atoms with Crippen molar-refractivity contribution in [3.8, 4) is 0 Å². The van der Waals surface area contributed by atoms with E-state index in [2.05, 4.69) is 16.9 Å². The number of hydrogen-bond acceptors (Lipinski definition) is 2. The number of halogens is 2. The van der Waals surface area contributed by atoms with Crippen LogP contribution in [0, 0.1) is 18.8 Å². The predicted molar refractivity (Wildman–Crippen MR) is 103 cm³/mol. The third-order valence-electron chi connectivity index (χ3n) is 6.00. The molecule has 1 atom stereocenters. The van der Waals surface area contributed by atoms with Crippen LogP contribution in [0.15, 0.2) is 30.5 Å². The van der Waals surface area contributed by atoms with Gasteiger partial charge < -0.3 is 4.98 Å². The third-order valence-corrected chi connectivity index (χ3v) is 6.23. The minimum absolute atomic E-state index is 0.334. The minimum atomic E-state index is -0.334. The molecule has 1 N–H and O–H groups in total. The number of nitrogens with one attached hydrogen (secondary N) is 1. The van der Waals surface area contributed by atoms with E-state index >= 15 is 0 Å². The molecular weight excluding hydrogens is 349 g/mol. The van der Waals surface area contributed by atoms with E-state index in [1.807, 2.05) is 31.2 Å². The maximum absolute atomic E-state index is 13.8. The molecule has 1 aliphatic carbocycles. The topological polar surface area (TPSA) is 41.6 Å². The molecule has 26 heavy (non-hydrogen) atoms. The summed E-state index contributed by atoms with van der Waals surface area (Å²) in [6.45, 7) is 4.09. The maximum atomic E-state index is 13.8. The number of benzene rings is 1. The highest BCUT2D eigenvalue weighted by molar-refractivity contribution is 6.31. The molecule has 0 aliphatic heterocycles. The molecule has 0 saturated heterocycles. The van der Waals surface area contributed by atoms with Crippen LogP contribution in [-0.4, -0.2) is 15.0 Å². The second-order valence-corrected chi connectivity index (χ2v) is 7.94. The van der Waals surface area contributed by atoms with Gasteiger partial charge in [-0.15, -0.1) is 0 Å². The number of nitrogens with zero attached hydrogens (tertiary/aromatic N) is 2. The Kier molecular flexibility index (Phi) is 4.70. The smallest absolute Gasteiger partial charge is 0.216 e. The molecule has 4 rings (SSSR count). The molecule has 5 heteroatoms. The van der Waals surface area contributed by atoms with Gasteiger partial charge in [0.1, 0.15) is 5.82 Å². The lowest BCUT2D eigenvalue weighted by Crippen LogP contribution is -2.19. The van der Waals surface area contributed by atoms with Crippen molar-refractivity contribution in [2.24, 2.45) is 5.92 Å². The van der Waals surface area contributed by atoms with Gasteiger partial charge in [-0.3, -0.25) is 0 Å². The Balaban J connectivity index is 1.47. The van der Waals surface area contributed by atoms with Gasteiger partial charge in [0, 0.05) is 22.7 Å². The molecular formula is C21H23ClFN3. The standard InChI is InChI=1S/C21H23ClFN3/c1-12(21-25-18-8-7-16(22)11-19(18)26-21)14-3-5-15(6-4-14)17-9-10-24-20(23)13(17)2/h7-12,14-15H,3-6H2,1-2H3,(H,25,26)/t12?,14-,15+.